The van der Waals surface area contributed by atoms with E-state index in [4.69, 9.17) is 0 Å². The molecule has 0 aromatic heterocycles. The fourth-order valence-corrected chi connectivity index (χ4v) is 10.7. The van der Waals surface area contributed by atoms with Crippen molar-refractivity contribution in [2.75, 3.05) is 0 Å². The van der Waals surface area contributed by atoms with Gasteiger partial charge in [-0.2, -0.15) is 0 Å². The van der Waals surface area contributed by atoms with Crippen molar-refractivity contribution >= 4 is 0 Å². The number of hydrogen-bond acceptors (Lipinski definition) is 3. The van der Waals surface area contributed by atoms with Crippen molar-refractivity contribution in [1.82, 2.24) is 0 Å². The third kappa shape index (κ3) is 2.91. The van der Waals surface area contributed by atoms with Gasteiger partial charge in [0.25, 0.3) is 0 Å². The largest absolute Gasteiger partial charge is 0.393 e. The molecule has 5 aliphatic rings. The number of aliphatic hydroxyl groups is 3. The van der Waals surface area contributed by atoms with Crippen molar-refractivity contribution < 1.29 is 15.3 Å². The standard InChI is InChI=1S/C30H50O3/c1-25(2)16-19-18-15-20(31)24-28(6)11-10-22(32)26(3,4)21(28)9-12-30(24,8)29(18,7)14-13-27(19,5)17-23(25)33/h15,19-24,31-33H,9-14,16-17H2,1-8H3/t19-,20+,21-,22-,23+,24+,27-,28-,29-,30+/m0/s1. The molecule has 0 aromatic carbocycles. The highest BCUT2D eigenvalue weighted by atomic mass is 16.3. The van der Waals surface area contributed by atoms with E-state index < -0.39 is 6.10 Å². The van der Waals surface area contributed by atoms with Gasteiger partial charge in [0, 0.05) is 5.92 Å². The molecule has 0 heterocycles. The van der Waals surface area contributed by atoms with E-state index in [1.165, 1.54) is 12.0 Å². The summed E-state index contributed by atoms with van der Waals surface area (Å²) in [5.74, 6) is 1.12. The minimum absolute atomic E-state index is 0.0446. The molecular weight excluding hydrogens is 408 g/mol. The lowest BCUT2D eigenvalue weighted by atomic mass is 9.33. The van der Waals surface area contributed by atoms with Crippen LogP contribution in [-0.2, 0) is 0 Å². The first-order valence-corrected chi connectivity index (χ1v) is 13.8. The average Bonchev–Trinajstić information content (AvgIpc) is 2.69. The second-order valence-corrected chi connectivity index (χ2v) is 15.4. The first kappa shape index (κ1) is 24.3. The zero-order valence-electron chi connectivity index (χ0n) is 22.5. The van der Waals surface area contributed by atoms with Crippen LogP contribution in [0.15, 0.2) is 11.6 Å². The van der Waals surface area contributed by atoms with E-state index in [1.807, 2.05) is 0 Å². The van der Waals surface area contributed by atoms with E-state index in [2.05, 4.69) is 61.5 Å². The summed E-state index contributed by atoms with van der Waals surface area (Å²) in [7, 11) is 0. The van der Waals surface area contributed by atoms with Gasteiger partial charge in [0.05, 0.1) is 18.3 Å². The predicted molar refractivity (Wildman–Crippen MR) is 133 cm³/mol. The van der Waals surface area contributed by atoms with Gasteiger partial charge in [-0.25, -0.2) is 0 Å². The van der Waals surface area contributed by atoms with Gasteiger partial charge in [-0.3, -0.25) is 0 Å². The number of allylic oxidation sites excluding steroid dienone is 1. The molecule has 4 saturated carbocycles. The molecule has 4 fully saturated rings. The minimum Gasteiger partial charge on any atom is -0.393 e. The molecule has 5 aliphatic carbocycles. The summed E-state index contributed by atoms with van der Waals surface area (Å²) in [5.41, 5.74) is 1.64. The molecule has 0 radical (unpaired) electrons. The Hall–Kier alpha value is -0.380. The van der Waals surface area contributed by atoms with Crippen molar-refractivity contribution in [3.8, 4) is 0 Å². The monoisotopic (exact) mass is 458 g/mol. The maximum Gasteiger partial charge on any atom is 0.0762 e. The van der Waals surface area contributed by atoms with Crippen LogP contribution in [0.3, 0.4) is 0 Å². The minimum atomic E-state index is -0.422. The first-order chi connectivity index (χ1) is 15.0. The van der Waals surface area contributed by atoms with E-state index in [0.717, 1.165) is 44.9 Å². The lowest BCUT2D eigenvalue weighted by Gasteiger charge is -2.72. The highest BCUT2D eigenvalue weighted by molar-refractivity contribution is 5.35. The normalized spacial score (nSPS) is 57.1. The first-order valence-electron chi connectivity index (χ1n) is 13.8. The Labute approximate surface area is 202 Å². The Morgan fingerprint density at radius 2 is 1.42 bits per heavy atom. The second kappa shape index (κ2) is 6.88. The molecule has 0 aromatic rings. The Bertz CT molecular complexity index is 859. The van der Waals surface area contributed by atoms with Gasteiger partial charge in [-0.1, -0.05) is 67.0 Å². The molecule has 0 unspecified atom stereocenters. The summed E-state index contributed by atoms with van der Waals surface area (Å²) < 4.78 is 0. The molecular formula is C30H50O3. The number of aliphatic hydroxyl groups excluding tert-OH is 3. The highest BCUT2D eigenvalue weighted by Gasteiger charge is 2.70. The van der Waals surface area contributed by atoms with Crippen LogP contribution in [0.25, 0.3) is 0 Å². The van der Waals surface area contributed by atoms with Crippen LogP contribution in [0.5, 0.6) is 0 Å². The molecule has 3 heteroatoms. The third-order valence-corrected chi connectivity index (χ3v) is 13.2. The topological polar surface area (TPSA) is 60.7 Å². The predicted octanol–water partition coefficient (Wildman–Crippen LogP) is 6.11. The second-order valence-electron chi connectivity index (χ2n) is 15.4. The summed E-state index contributed by atoms with van der Waals surface area (Å²) >= 11 is 0. The van der Waals surface area contributed by atoms with Gasteiger partial charge < -0.3 is 15.3 Å². The average molecular weight is 459 g/mol. The summed E-state index contributed by atoms with van der Waals surface area (Å²) in [6.45, 7) is 18.9. The maximum absolute atomic E-state index is 11.9. The fraction of sp³-hybridized carbons (Fsp3) is 0.933. The molecule has 0 spiro atoms. The smallest absolute Gasteiger partial charge is 0.0762 e. The van der Waals surface area contributed by atoms with Crippen molar-refractivity contribution in [2.24, 2.45) is 50.2 Å². The van der Waals surface area contributed by atoms with Crippen LogP contribution < -0.4 is 0 Å². The van der Waals surface area contributed by atoms with Crippen molar-refractivity contribution in [3.05, 3.63) is 11.6 Å². The van der Waals surface area contributed by atoms with Gasteiger partial charge in [-0.15, -0.1) is 0 Å². The maximum atomic E-state index is 11.9. The SMILES string of the molecule is CC1(C)C[C@H]2C3=C[C@@H](O)[C@@H]4[C@@]5(C)CC[C@H](O)C(C)(C)[C@@H]5CC[C@@]4(C)[C@@]3(C)CC[C@@]2(C)C[C@H]1O. The summed E-state index contributed by atoms with van der Waals surface area (Å²) in [4.78, 5) is 0. The number of hydrogen-bond donors (Lipinski definition) is 3. The lowest BCUT2D eigenvalue weighted by Crippen LogP contribution is -2.67. The van der Waals surface area contributed by atoms with Gasteiger partial charge in [0.1, 0.15) is 0 Å². The summed E-state index contributed by atoms with van der Waals surface area (Å²) in [5, 5.41) is 33.8. The van der Waals surface area contributed by atoms with Crippen LogP contribution in [0, 0.1) is 50.2 Å². The van der Waals surface area contributed by atoms with Crippen LogP contribution in [-0.4, -0.2) is 33.6 Å². The summed E-state index contributed by atoms with van der Waals surface area (Å²) in [6.07, 6.45) is 9.76. The molecule has 0 amide bonds. The Balaban J connectivity index is 1.62. The zero-order chi connectivity index (χ0) is 24.4. The van der Waals surface area contributed by atoms with Crippen LogP contribution >= 0.6 is 0 Å². The van der Waals surface area contributed by atoms with Crippen LogP contribution in [0.2, 0.25) is 0 Å². The molecule has 0 aliphatic heterocycles. The molecule has 3 nitrogen and oxygen atoms in total. The molecule has 33 heavy (non-hydrogen) atoms. The van der Waals surface area contributed by atoms with E-state index in [0.29, 0.717) is 11.8 Å². The van der Waals surface area contributed by atoms with E-state index >= 15 is 0 Å². The van der Waals surface area contributed by atoms with E-state index in [-0.39, 0.29) is 50.6 Å². The van der Waals surface area contributed by atoms with Gasteiger partial charge in [0.15, 0.2) is 0 Å². The molecule has 188 valence electrons. The van der Waals surface area contributed by atoms with Gasteiger partial charge in [-0.05, 0) is 95.7 Å². The highest BCUT2D eigenvalue weighted by Crippen LogP contribution is 2.75. The quantitative estimate of drug-likeness (QED) is 0.384. The van der Waals surface area contributed by atoms with Crippen molar-refractivity contribution in [3.63, 3.8) is 0 Å². The van der Waals surface area contributed by atoms with Crippen LogP contribution in [0.1, 0.15) is 107 Å². The molecule has 5 rings (SSSR count). The fourth-order valence-electron chi connectivity index (χ4n) is 10.7. The van der Waals surface area contributed by atoms with Gasteiger partial charge >= 0.3 is 0 Å². The molecule has 0 bridgehead atoms. The Morgan fingerprint density at radius 3 is 2.09 bits per heavy atom. The molecule has 3 N–H and O–H groups in total. The Morgan fingerprint density at radius 1 is 0.758 bits per heavy atom. The molecule has 0 saturated heterocycles. The molecule has 10 atom stereocenters. The Kier molecular flexibility index (Phi) is 5.07. The van der Waals surface area contributed by atoms with Gasteiger partial charge in [0.2, 0.25) is 0 Å². The number of fused-ring (bicyclic) bond motifs is 7. The zero-order valence-corrected chi connectivity index (χ0v) is 22.5. The van der Waals surface area contributed by atoms with Crippen molar-refractivity contribution in [1.29, 1.82) is 0 Å². The van der Waals surface area contributed by atoms with Crippen LogP contribution in [0.4, 0.5) is 0 Å². The lowest BCUT2D eigenvalue weighted by molar-refractivity contribution is -0.226. The number of rotatable bonds is 0. The van der Waals surface area contributed by atoms with E-state index in [9.17, 15) is 15.3 Å². The summed E-state index contributed by atoms with van der Waals surface area (Å²) in [6, 6.07) is 0. The van der Waals surface area contributed by atoms with Crippen molar-refractivity contribution in [2.45, 2.75) is 125 Å². The third-order valence-electron chi connectivity index (χ3n) is 13.2. The van der Waals surface area contributed by atoms with E-state index in [1.54, 1.807) is 0 Å².